The van der Waals surface area contributed by atoms with Crippen LogP contribution in [0.15, 0.2) is 46.9 Å². The number of Topliss-reactive ketones (excluding diaryl/α,β-unsaturated/α-hetero) is 1. The quantitative estimate of drug-likeness (QED) is 0.775. The molecule has 0 N–H and O–H groups in total. The fraction of sp³-hybridized carbons (Fsp3) is 0.176. The summed E-state index contributed by atoms with van der Waals surface area (Å²) in [4.78, 5) is 12.5. The van der Waals surface area contributed by atoms with Crippen molar-refractivity contribution in [3.63, 3.8) is 0 Å². The zero-order valence-corrected chi connectivity index (χ0v) is 12.9. The van der Waals surface area contributed by atoms with E-state index in [4.69, 9.17) is 0 Å². The van der Waals surface area contributed by atoms with Crippen LogP contribution in [0, 0.1) is 25.2 Å². The number of rotatable bonds is 3. The summed E-state index contributed by atoms with van der Waals surface area (Å²) in [6.07, 6.45) is 0. The highest BCUT2D eigenvalue weighted by Crippen LogP contribution is 2.24. The molecule has 2 rings (SSSR count). The molecule has 0 aliphatic heterocycles. The molecule has 2 aromatic rings. The molecule has 0 amide bonds. The number of carbonyl (C=O) groups excluding carboxylic acids is 1. The number of benzene rings is 2. The van der Waals surface area contributed by atoms with E-state index in [2.05, 4.69) is 22.0 Å². The van der Waals surface area contributed by atoms with Crippen LogP contribution in [0.3, 0.4) is 0 Å². The third-order valence-electron chi connectivity index (χ3n) is 3.09. The molecule has 20 heavy (non-hydrogen) atoms. The SMILES string of the molecule is Cc1cc(Br)cc(C(=O)C(C#N)c2cccc(C)c2)c1. The smallest absolute Gasteiger partial charge is 0.184 e. The molecule has 2 nitrogen and oxygen atoms in total. The van der Waals surface area contributed by atoms with E-state index in [1.807, 2.05) is 50.2 Å². The third kappa shape index (κ3) is 3.15. The van der Waals surface area contributed by atoms with Crippen LogP contribution >= 0.6 is 15.9 Å². The van der Waals surface area contributed by atoms with Gasteiger partial charge in [-0.15, -0.1) is 0 Å². The normalized spacial score (nSPS) is 11.7. The van der Waals surface area contributed by atoms with Gasteiger partial charge in [-0.2, -0.15) is 5.26 Å². The first-order valence-electron chi connectivity index (χ1n) is 6.29. The molecule has 3 heteroatoms. The summed E-state index contributed by atoms with van der Waals surface area (Å²) in [6.45, 7) is 3.88. The van der Waals surface area contributed by atoms with E-state index < -0.39 is 5.92 Å². The van der Waals surface area contributed by atoms with Crippen LogP contribution in [0.1, 0.15) is 33.0 Å². The monoisotopic (exact) mass is 327 g/mol. The van der Waals surface area contributed by atoms with Gasteiger partial charge in [0.05, 0.1) is 6.07 Å². The van der Waals surface area contributed by atoms with Crippen molar-refractivity contribution < 1.29 is 4.79 Å². The molecular weight excluding hydrogens is 314 g/mol. The summed E-state index contributed by atoms with van der Waals surface area (Å²) in [6, 6.07) is 15.2. The van der Waals surface area contributed by atoms with Gasteiger partial charge in [-0.3, -0.25) is 4.79 Å². The third-order valence-corrected chi connectivity index (χ3v) is 3.55. The average molecular weight is 328 g/mol. The van der Waals surface area contributed by atoms with Crippen LogP contribution in [-0.4, -0.2) is 5.78 Å². The van der Waals surface area contributed by atoms with Gasteiger partial charge in [-0.25, -0.2) is 0 Å². The number of ketones is 1. The van der Waals surface area contributed by atoms with Gasteiger partial charge < -0.3 is 0 Å². The lowest BCUT2D eigenvalue weighted by atomic mass is 9.90. The van der Waals surface area contributed by atoms with Gasteiger partial charge in [0.1, 0.15) is 5.92 Å². The van der Waals surface area contributed by atoms with Gasteiger partial charge in [0.25, 0.3) is 0 Å². The summed E-state index contributed by atoms with van der Waals surface area (Å²) in [7, 11) is 0. The topological polar surface area (TPSA) is 40.9 Å². The van der Waals surface area contributed by atoms with Gasteiger partial charge in [-0.1, -0.05) is 45.8 Å². The molecular formula is C17H14BrNO. The Balaban J connectivity index is 2.42. The number of halogens is 1. The van der Waals surface area contributed by atoms with Gasteiger partial charge >= 0.3 is 0 Å². The summed E-state index contributed by atoms with van der Waals surface area (Å²) in [5.41, 5.74) is 3.34. The number of nitriles is 1. The van der Waals surface area contributed by atoms with E-state index in [0.717, 1.165) is 21.2 Å². The molecule has 0 aliphatic carbocycles. The van der Waals surface area contributed by atoms with E-state index in [1.165, 1.54) is 0 Å². The molecule has 0 radical (unpaired) electrons. The van der Waals surface area contributed by atoms with E-state index in [1.54, 1.807) is 6.07 Å². The Labute approximate surface area is 127 Å². The molecule has 0 spiro atoms. The highest BCUT2D eigenvalue weighted by Gasteiger charge is 2.22. The Hall–Kier alpha value is -1.92. The number of hydrogen-bond donors (Lipinski definition) is 0. The van der Waals surface area contributed by atoms with Crippen molar-refractivity contribution >= 4 is 21.7 Å². The predicted molar refractivity (Wildman–Crippen MR) is 82.7 cm³/mol. The van der Waals surface area contributed by atoms with Gasteiger partial charge in [0, 0.05) is 10.0 Å². The molecule has 1 atom stereocenters. The molecule has 0 fully saturated rings. The van der Waals surface area contributed by atoms with Crippen molar-refractivity contribution in [3.05, 3.63) is 69.2 Å². The van der Waals surface area contributed by atoms with Gasteiger partial charge in [0.15, 0.2) is 5.78 Å². The fourth-order valence-corrected chi connectivity index (χ4v) is 2.79. The van der Waals surface area contributed by atoms with Crippen molar-refractivity contribution in [3.8, 4) is 6.07 Å². The zero-order valence-electron chi connectivity index (χ0n) is 11.4. The number of carbonyl (C=O) groups is 1. The molecule has 0 aliphatic rings. The first-order valence-corrected chi connectivity index (χ1v) is 7.08. The molecule has 2 aromatic carbocycles. The second-order valence-corrected chi connectivity index (χ2v) is 5.77. The van der Waals surface area contributed by atoms with E-state index in [-0.39, 0.29) is 5.78 Å². The maximum Gasteiger partial charge on any atom is 0.184 e. The summed E-state index contributed by atoms with van der Waals surface area (Å²) >= 11 is 3.39. The van der Waals surface area contributed by atoms with Crippen molar-refractivity contribution in [1.82, 2.24) is 0 Å². The Morgan fingerprint density at radius 2 is 1.90 bits per heavy atom. The molecule has 1 unspecified atom stereocenters. The molecule has 0 saturated carbocycles. The predicted octanol–water partition coefficient (Wildman–Crippen LogP) is 4.56. The Morgan fingerprint density at radius 1 is 1.15 bits per heavy atom. The highest BCUT2D eigenvalue weighted by atomic mass is 79.9. The van der Waals surface area contributed by atoms with Crippen molar-refractivity contribution in [1.29, 1.82) is 5.26 Å². The van der Waals surface area contributed by atoms with Crippen LogP contribution in [0.4, 0.5) is 0 Å². The van der Waals surface area contributed by atoms with Gasteiger partial charge in [-0.05, 0) is 43.2 Å². The maximum absolute atomic E-state index is 12.5. The van der Waals surface area contributed by atoms with Gasteiger partial charge in [0.2, 0.25) is 0 Å². The van der Waals surface area contributed by atoms with E-state index >= 15 is 0 Å². The minimum atomic E-state index is -0.761. The molecule has 0 heterocycles. The first kappa shape index (κ1) is 14.5. The molecule has 0 saturated heterocycles. The molecule has 0 aromatic heterocycles. The van der Waals surface area contributed by atoms with Crippen LogP contribution in [-0.2, 0) is 0 Å². The summed E-state index contributed by atoms with van der Waals surface area (Å²) in [5.74, 6) is -0.925. The van der Waals surface area contributed by atoms with Crippen LogP contribution in [0.25, 0.3) is 0 Å². The number of nitrogens with zero attached hydrogens (tertiary/aromatic N) is 1. The van der Waals surface area contributed by atoms with Crippen LogP contribution in [0.5, 0.6) is 0 Å². The first-order chi connectivity index (χ1) is 9.51. The van der Waals surface area contributed by atoms with Crippen LogP contribution < -0.4 is 0 Å². The standard InChI is InChI=1S/C17H14BrNO/c1-11-4-3-5-13(6-11)16(10-19)17(20)14-7-12(2)8-15(18)9-14/h3-9,16H,1-2H3. The van der Waals surface area contributed by atoms with Crippen molar-refractivity contribution in [2.45, 2.75) is 19.8 Å². The highest BCUT2D eigenvalue weighted by molar-refractivity contribution is 9.10. The molecule has 100 valence electrons. The van der Waals surface area contributed by atoms with Crippen molar-refractivity contribution in [2.75, 3.05) is 0 Å². The second-order valence-electron chi connectivity index (χ2n) is 4.86. The Bertz CT molecular complexity index is 680. The maximum atomic E-state index is 12.5. The fourth-order valence-electron chi connectivity index (χ4n) is 2.18. The van der Waals surface area contributed by atoms with Crippen molar-refractivity contribution in [2.24, 2.45) is 0 Å². The number of aryl methyl sites for hydroxylation is 2. The average Bonchev–Trinajstić information content (AvgIpc) is 2.38. The Morgan fingerprint density at radius 3 is 2.50 bits per heavy atom. The summed E-state index contributed by atoms with van der Waals surface area (Å²) < 4.78 is 0.849. The zero-order chi connectivity index (χ0) is 14.7. The minimum Gasteiger partial charge on any atom is -0.292 e. The van der Waals surface area contributed by atoms with E-state index in [0.29, 0.717) is 5.56 Å². The minimum absolute atomic E-state index is 0.164. The van der Waals surface area contributed by atoms with Crippen LogP contribution in [0.2, 0.25) is 0 Å². The number of hydrogen-bond acceptors (Lipinski definition) is 2. The molecule has 0 bridgehead atoms. The largest absolute Gasteiger partial charge is 0.292 e. The lowest BCUT2D eigenvalue weighted by Crippen LogP contribution is -2.11. The Kier molecular flexibility index (Phi) is 4.36. The van der Waals surface area contributed by atoms with E-state index in [9.17, 15) is 10.1 Å². The second kappa shape index (κ2) is 6.02. The lowest BCUT2D eigenvalue weighted by Gasteiger charge is -2.10. The summed E-state index contributed by atoms with van der Waals surface area (Å²) in [5, 5.41) is 9.36. The lowest BCUT2D eigenvalue weighted by molar-refractivity contribution is 0.0978.